The number of unbranched alkanes of at least 4 members (excludes halogenated alkanes) is 2. The fourth-order valence-electron chi connectivity index (χ4n) is 3.78. The van der Waals surface area contributed by atoms with Gasteiger partial charge in [0.05, 0.1) is 11.4 Å². The number of hydrogen-bond acceptors (Lipinski definition) is 6. The number of piperazine rings is 1. The third-order valence-corrected chi connectivity index (χ3v) is 7.03. The van der Waals surface area contributed by atoms with Crippen molar-refractivity contribution >= 4 is 27.6 Å². The number of rotatable bonds is 10. The summed E-state index contributed by atoms with van der Waals surface area (Å²) >= 11 is 0. The molecule has 11 heteroatoms. The summed E-state index contributed by atoms with van der Waals surface area (Å²) in [4.78, 5) is 26.0. The summed E-state index contributed by atoms with van der Waals surface area (Å²) in [5.41, 5.74) is 1.21. The first-order valence-corrected chi connectivity index (χ1v) is 12.2. The fourth-order valence-corrected chi connectivity index (χ4v) is 5.16. The molecule has 31 heavy (non-hydrogen) atoms. The molecule has 0 unspecified atom stereocenters. The van der Waals surface area contributed by atoms with Gasteiger partial charge in [-0.25, -0.2) is 22.3 Å². The molecule has 3 N–H and O–H groups in total. The van der Waals surface area contributed by atoms with E-state index in [1.807, 2.05) is 4.90 Å². The Morgan fingerprint density at radius 1 is 1.16 bits per heavy atom. The number of carbonyl (C=O) groups excluding carboxylic acids is 2. The van der Waals surface area contributed by atoms with E-state index < -0.39 is 22.1 Å². The molecule has 3 rings (SSSR count). The number of imide groups is 1. The van der Waals surface area contributed by atoms with Crippen molar-refractivity contribution in [2.75, 3.05) is 49.9 Å². The van der Waals surface area contributed by atoms with Crippen molar-refractivity contribution in [2.45, 2.75) is 32.2 Å². The Balaban J connectivity index is 1.47. The van der Waals surface area contributed by atoms with Crippen LogP contribution in [0, 0.1) is 5.82 Å². The molecule has 1 aromatic carbocycles. The van der Waals surface area contributed by atoms with Gasteiger partial charge in [0.2, 0.25) is 15.9 Å². The minimum absolute atomic E-state index is 0.0334. The predicted molar refractivity (Wildman–Crippen MR) is 116 cm³/mol. The van der Waals surface area contributed by atoms with Crippen LogP contribution in [0.5, 0.6) is 0 Å². The van der Waals surface area contributed by atoms with Gasteiger partial charge in [-0.2, -0.15) is 0 Å². The lowest BCUT2D eigenvalue weighted by atomic mass is 10.1. The van der Waals surface area contributed by atoms with Crippen LogP contribution in [0.1, 0.15) is 37.8 Å². The van der Waals surface area contributed by atoms with Crippen molar-refractivity contribution in [1.29, 1.82) is 0 Å². The van der Waals surface area contributed by atoms with Crippen LogP contribution in [0.25, 0.3) is 0 Å². The summed E-state index contributed by atoms with van der Waals surface area (Å²) in [6, 6.07) is 3.84. The van der Waals surface area contributed by atoms with Crippen molar-refractivity contribution in [2.24, 2.45) is 0 Å². The monoisotopic (exact) mass is 455 g/mol. The molecular weight excluding hydrogens is 425 g/mol. The van der Waals surface area contributed by atoms with E-state index in [0.717, 1.165) is 13.1 Å². The fraction of sp³-hybridized carbons (Fsp3) is 0.600. The quantitative estimate of drug-likeness (QED) is 0.358. The predicted octanol–water partition coefficient (Wildman–Crippen LogP) is 0.938. The molecule has 1 atom stereocenters. The van der Waals surface area contributed by atoms with Gasteiger partial charge >= 0.3 is 6.03 Å². The van der Waals surface area contributed by atoms with Gasteiger partial charge in [0.1, 0.15) is 12.4 Å². The maximum Gasteiger partial charge on any atom is 0.324 e. The number of nitrogens with one attached hydrogen (secondary N) is 3. The zero-order chi connectivity index (χ0) is 22.4. The highest BCUT2D eigenvalue weighted by Crippen LogP contribution is 2.25. The summed E-state index contributed by atoms with van der Waals surface area (Å²) in [5.74, 6) is -0.658. The second kappa shape index (κ2) is 10.4. The number of amides is 3. The standard InChI is InChI=1S/C20H30FN5O4S/c1-15(16-5-6-17(21)18(13-16)25-10-7-22-8-11-25)24-31(29,30)12-4-2-3-9-26-14-19(27)23-20(26)28/h5-6,13,15,22,24H,2-4,7-12,14H2,1H3,(H,23,27,28)/t15-/m1/s1. The molecule has 2 heterocycles. The Bertz CT molecular complexity index is 905. The van der Waals surface area contributed by atoms with Gasteiger partial charge in [-0.3, -0.25) is 10.1 Å². The van der Waals surface area contributed by atoms with Crippen molar-refractivity contribution in [3.8, 4) is 0 Å². The first kappa shape index (κ1) is 23.4. The number of sulfonamides is 1. The molecule has 3 amide bonds. The zero-order valence-corrected chi connectivity index (χ0v) is 18.5. The first-order valence-electron chi connectivity index (χ1n) is 10.6. The van der Waals surface area contributed by atoms with Crippen LogP contribution in [0.4, 0.5) is 14.9 Å². The lowest BCUT2D eigenvalue weighted by molar-refractivity contribution is -0.118. The van der Waals surface area contributed by atoms with Crippen molar-refractivity contribution in [1.82, 2.24) is 20.3 Å². The van der Waals surface area contributed by atoms with E-state index in [1.165, 1.54) is 11.0 Å². The van der Waals surface area contributed by atoms with E-state index in [-0.39, 0.29) is 24.0 Å². The minimum Gasteiger partial charge on any atom is -0.367 e. The third kappa shape index (κ3) is 6.62. The maximum atomic E-state index is 14.3. The van der Waals surface area contributed by atoms with Crippen LogP contribution in [0.3, 0.4) is 0 Å². The molecule has 9 nitrogen and oxygen atoms in total. The molecule has 2 fully saturated rings. The number of nitrogens with zero attached hydrogens (tertiary/aromatic N) is 2. The highest BCUT2D eigenvalue weighted by atomic mass is 32.2. The first-order chi connectivity index (χ1) is 14.7. The van der Waals surface area contributed by atoms with Crippen LogP contribution in [-0.4, -0.2) is 70.3 Å². The minimum atomic E-state index is -3.51. The van der Waals surface area contributed by atoms with E-state index in [0.29, 0.717) is 50.1 Å². The maximum absolute atomic E-state index is 14.3. The molecule has 0 aliphatic carbocycles. The number of hydrogen-bond donors (Lipinski definition) is 3. The second-order valence-corrected chi connectivity index (χ2v) is 9.82. The number of anilines is 1. The Labute approximate surface area is 182 Å². The molecule has 0 aromatic heterocycles. The number of urea groups is 1. The van der Waals surface area contributed by atoms with Gasteiger partial charge in [-0.15, -0.1) is 0 Å². The van der Waals surface area contributed by atoms with Gasteiger partial charge in [0.25, 0.3) is 0 Å². The Kier molecular flexibility index (Phi) is 7.84. The Morgan fingerprint density at radius 2 is 1.90 bits per heavy atom. The number of benzene rings is 1. The van der Waals surface area contributed by atoms with E-state index in [4.69, 9.17) is 0 Å². The lowest BCUT2D eigenvalue weighted by Gasteiger charge is -2.30. The lowest BCUT2D eigenvalue weighted by Crippen LogP contribution is -2.44. The topological polar surface area (TPSA) is 111 Å². The van der Waals surface area contributed by atoms with Crippen molar-refractivity contribution in [3.05, 3.63) is 29.6 Å². The van der Waals surface area contributed by atoms with Crippen molar-refractivity contribution < 1.29 is 22.4 Å². The van der Waals surface area contributed by atoms with Gasteiger partial charge < -0.3 is 15.1 Å². The van der Waals surface area contributed by atoms with Crippen LogP contribution >= 0.6 is 0 Å². The molecule has 172 valence electrons. The summed E-state index contributed by atoms with van der Waals surface area (Å²) in [6.45, 7) is 5.20. The van der Waals surface area contributed by atoms with Crippen LogP contribution < -0.4 is 20.3 Å². The summed E-state index contributed by atoms with van der Waals surface area (Å²) < 4.78 is 41.9. The molecule has 0 saturated carbocycles. The van der Waals surface area contributed by atoms with Crippen LogP contribution in [0.15, 0.2) is 18.2 Å². The molecule has 2 aliphatic rings. The van der Waals surface area contributed by atoms with Crippen LogP contribution in [-0.2, 0) is 14.8 Å². The smallest absolute Gasteiger partial charge is 0.324 e. The summed E-state index contributed by atoms with van der Waals surface area (Å²) in [7, 11) is -3.51. The molecule has 0 spiro atoms. The van der Waals surface area contributed by atoms with E-state index in [1.54, 1.807) is 19.1 Å². The van der Waals surface area contributed by atoms with Crippen molar-refractivity contribution in [3.63, 3.8) is 0 Å². The molecule has 1 aromatic rings. The van der Waals surface area contributed by atoms with Crippen LogP contribution in [0.2, 0.25) is 0 Å². The zero-order valence-electron chi connectivity index (χ0n) is 17.7. The largest absolute Gasteiger partial charge is 0.367 e. The normalized spacial score (nSPS) is 18.4. The Morgan fingerprint density at radius 3 is 2.58 bits per heavy atom. The molecule has 0 bridgehead atoms. The van der Waals surface area contributed by atoms with Gasteiger partial charge in [-0.1, -0.05) is 12.5 Å². The average Bonchev–Trinajstić information content (AvgIpc) is 3.05. The summed E-state index contributed by atoms with van der Waals surface area (Å²) in [5, 5.41) is 5.44. The van der Waals surface area contributed by atoms with E-state index >= 15 is 0 Å². The molecular formula is C20H30FN5O4S. The highest BCUT2D eigenvalue weighted by Gasteiger charge is 2.26. The third-order valence-electron chi connectivity index (χ3n) is 5.49. The molecule has 2 saturated heterocycles. The molecule has 2 aliphatic heterocycles. The van der Waals surface area contributed by atoms with Gasteiger partial charge in [-0.05, 0) is 37.5 Å². The van der Waals surface area contributed by atoms with E-state index in [9.17, 15) is 22.4 Å². The SMILES string of the molecule is C[C@@H](NS(=O)(=O)CCCCCN1CC(=O)NC1=O)c1ccc(F)c(N2CCNCC2)c1. The molecule has 0 radical (unpaired) electrons. The highest BCUT2D eigenvalue weighted by molar-refractivity contribution is 7.89. The number of halogens is 1. The second-order valence-electron chi connectivity index (χ2n) is 7.94. The van der Waals surface area contributed by atoms with E-state index in [2.05, 4.69) is 15.4 Å². The average molecular weight is 456 g/mol. The number of carbonyl (C=O) groups is 2. The Hall–Kier alpha value is -2.24. The van der Waals surface area contributed by atoms with Gasteiger partial charge in [0.15, 0.2) is 0 Å². The summed E-state index contributed by atoms with van der Waals surface area (Å²) in [6.07, 6.45) is 1.69. The van der Waals surface area contributed by atoms with Gasteiger partial charge in [0, 0.05) is 38.8 Å².